The number of aromatic nitrogens is 1. The van der Waals surface area contributed by atoms with Crippen LogP contribution in [0.15, 0.2) is 24.5 Å². The number of alkyl halides is 1. The van der Waals surface area contributed by atoms with Crippen molar-refractivity contribution in [3.05, 3.63) is 30.1 Å². The van der Waals surface area contributed by atoms with Crippen LogP contribution in [0.2, 0.25) is 36.3 Å². The van der Waals surface area contributed by atoms with E-state index in [4.69, 9.17) is 30.9 Å². The molecule has 1 aliphatic rings. The van der Waals surface area contributed by atoms with Gasteiger partial charge in [-0.05, 0) is 42.3 Å². The second-order valence-electron chi connectivity index (χ2n) is 11.8. The minimum atomic E-state index is -2.12. The van der Waals surface area contributed by atoms with Crippen molar-refractivity contribution >= 4 is 34.1 Å². The molecule has 32 heavy (non-hydrogen) atoms. The third kappa shape index (κ3) is 6.01. The van der Waals surface area contributed by atoms with E-state index in [2.05, 4.69) is 67.7 Å². The molecule has 0 aromatic carbocycles. The number of ether oxygens (including phenoxy) is 1. The first kappa shape index (κ1) is 27.5. The van der Waals surface area contributed by atoms with E-state index in [1.807, 2.05) is 10.8 Å². The fourth-order valence-corrected chi connectivity index (χ4v) is 5.87. The molecule has 1 aromatic heterocycles. The number of halogens is 1. The van der Waals surface area contributed by atoms with Crippen molar-refractivity contribution in [2.75, 3.05) is 6.61 Å². The lowest BCUT2D eigenvalue weighted by Gasteiger charge is -2.41. The first-order valence-corrected chi connectivity index (χ1v) is 17.5. The molecule has 0 bridgehead atoms. The standard InChI is InChI=1S/C23H41ClN2O4Si2/c1-22(2,3)31(7,8)28-15-17-19(30-32(9,10)23(4,5)6)18(24)21(29-17)26-13-11-12-16(14-26)20(25)27/h11-14,17-19,21H,15H2,1-10H3,(H-,25,27)/p+1/t17-,18+,19?,21-/m1/s1. The molecular formula is C23H42ClN2O4Si2+. The van der Waals surface area contributed by atoms with Crippen LogP contribution in [-0.4, -0.2) is 46.7 Å². The second kappa shape index (κ2) is 9.46. The molecule has 0 radical (unpaired) electrons. The summed E-state index contributed by atoms with van der Waals surface area (Å²) in [6.07, 6.45) is 2.40. The van der Waals surface area contributed by atoms with E-state index in [1.54, 1.807) is 18.3 Å². The van der Waals surface area contributed by atoms with E-state index in [0.29, 0.717) is 12.2 Å². The smallest absolute Gasteiger partial charge is 0.282 e. The maximum Gasteiger partial charge on any atom is 0.282 e. The number of nitrogens with two attached hydrogens (primary N) is 1. The molecule has 1 amide bonds. The van der Waals surface area contributed by atoms with Gasteiger partial charge < -0.3 is 19.3 Å². The quantitative estimate of drug-likeness (QED) is 0.324. The number of hydrogen-bond donors (Lipinski definition) is 1. The molecule has 1 fully saturated rings. The summed E-state index contributed by atoms with van der Waals surface area (Å²) in [6.45, 7) is 22.6. The van der Waals surface area contributed by atoms with Crippen LogP contribution in [0, 0.1) is 0 Å². The Kier molecular flexibility index (Phi) is 8.12. The van der Waals surface area contributed by atoms with Crippen LogP contribution in [-0.2, 0) is 13.6 Å². The van der Waals surface area contributed by atoms with Crippen molar-refractivity contribution in [2.24, 2.45) is 5.73 Å². The van der Waals surface area contributed by atoms with Gasteiger partial charge in [-0.2, -0.15) is 4.57 Å². The maximum absolute atomic E-state index is 11.7. The van der Waals surface area contributed by atoms with Gasteiger partial charge in [0, 0.05) is 6.07 Å². The van der Waals surface area contributed by atoms with Crippen LogP contribution in [0.25, 0.3) is 0 Å². The Bertz CT molecular complexity index is 821. The first-order chi connectivity index (χ1) is 14.4. The molecule has 1 aromatic rings. The molecule has 1 aliphatic heterocycles. The Labute approximate surface area is 201 Å². The summed E-state index contributed by atoms with van der Waals surface area (Å²) < 4.78 is 21.5. The van der Waals surface area contributed by atoms with Crippen molar-refractivity contribution in [1.29, 1.82) is 0 Å². The van der Waals surface area contributed by atoms with Crippen molar-refractivity contribution in [3.63, 3.8) is 0 Å². The number of carbonyl (C=O) groups excluding carboxylic acids is 1. The Hall–Kier alpha value is -0.776. The third-order valence-electron chi connectivity index (χ3n) is 7.32. The Morgan fingerprint density at radius 3 is 2.19 bits per heavy atom. The molecule has 182 valence electrons. The lowest BCUT2D eigenvalue weighted by Crippen LogP contribution is -2.51. The monoisotopic (exact) mass is 501 g/mol. The highest BCUT2D eigenvalue weighted by atomic mass is 35.5. The SMILES string of the molecule is CC(C)(C)[Si](C)(C)OC[C@H]1O[C@@H]([n+]2cccc(C(N)=O)c2)[C@@H](Cl)C1O[Si](C)(C)C(C)(C)C. The molecule has 1 saturated heterocycles. The van der Waals surface area contributed by atoms with Gasteiger partial charge in [-0.25, -0.2) is 0 Å². The number of pyridine rings is 1. The minimum Gasteiger partial charge on any atom is -0.414 e. The zero-order valence-corrected chi connectivity index (χ0v) is 24.1. The number of primary amides is 1. The predicted molar refractivity (Wildman–Crippen MR) is 134 cm³/mol. The normalized spacial score (nSPS) is 25.2. The summed E-state index contributed by atoms with van der Waals surface area (Å²) in [5.41, 5.74) is 5.88. The summed E-state index contributed by atoms with van der Waals surface area (Å²) in [5.74, 6) is -0.490. The number of nitrogens with zero attached hydrogens (tertiary/aromatic N) is 1. The van der Waals surface area contributed by atoms with Gasteiger partial charge in [-0.15, -0.1) is 11.6 Å². The fourth-order valence-electron chi connectivity index (χ4n) is 3.03. The highest BCUT2D eigenvalue weighted by molar-refractivity contribution is 6.74. The summed E-state index contributed by atoms with van der Waals surface area (Å²) in [4.78, 5) is 11.7. The van der Waals surface area contributed by atoms with Crippen molar-refractivity contribution < 1.29 is 23.0 Å². The van der Waals surface area contributed by atoms with Gasteiger partial charge in [0.25, 0.3) is 12.1 Å². The van der Waals surface area contributed by atoms with E-state index < -0.39 is 34.1 Å². The van der Waals surface area contributed by atoms with Gasteiger partial charge >= 0.3 is 0 Å². The van der Waals surface area contributed by atoms with Crippen molar-refractivity contribution in [3.8, 4) is 0 Å². The summed E-state index contributed by atoms with van der Waals surface area (Å²) in [5, 5.41) is -0.317. The molecule has 2 heterocycles. The molecule has 0 spiro atoms. The Morgan fingerprint density at radius 2 is 1.69 bits per heavy atom. The zero-order chi connectivity index (χ0) is 24.7. The lowest BCUT2D eigenvalue weighted by atomic mass is 10.2. The van der Waals surface area contributed by atoms with E-state index in [0.717, 1.165) is 0 Å². The molecule has 2 N–H and O–H groups in total. The van der Waals surface area contributed by atoms with E-state index in [1.165, 1.54) is 0 Å². The lowest BCUT2D eigenvalue weighted by molar-refractivity contribution is -0.758. The topological polar surface area (TPSA) is 74.7 Å². The molecule has 4 atom stereocenters. The van der Waals surface area contributed by atoms with Gasteiger partial charge in [0.05, 0.1) is 12.7 Å². The van der Waals surface area contributed by atoms with Crippen molar-refractivity contribution in [1.82, 2.24) is 0 Å². The average molecular weight is 502 g/mol. The zero-order valence-electron chi connectivity index (χ0n) is 21.4. The largest absolute Gasteiger partial charge is 0.414 e. The van der Waals surface area contributed by atoms with Crippen LogP contribution in [0.1, 0.15) is 58.1 Å². The molecule has 2 rings (SSSR count). The van der Waals surface area contributed by atoms with Crippen molar-refractivity contribution in [2.45, 2.75) is 102 Å². The average Bonchev–Trinajstić information content (AvgIpc) is 2.94. The number of carbonyl (C=O) groups is 1. The van der Waals surface area contributed by atoms with Gasteiger partial charge in [-0.1, -0.05) is 41.5 Å². The van der Waals surface area contributed by atoms with E-state index in [9.17, 15) is 4.79 Å². The Balaban J connectivity index is 2.35. The predicted octanol–water partition coefficient (Wildman–Crippen LogP) is 4.99. The van der Waals surface area contributed by atoms with Crippen LogP contribution in [0.5, 0.6) is 0 Å². The Morgan fingerprint density at radius 1 is 1.12 bits per heavy atom. The van der Waals surface area contributed by atoms with Crippen LogP contribution in [0.3, 0.4) is 0 Å². The minimum absolute atomic E-state index is 0.0333. The maximum atomic E-state index is 11.7. The molecule has 9 heteroatoms. The number of rotatable bonds is 7. The van der Waals surface area contributed by atoms with E-state index in [-0.39, 0.29) is 22.3 Å². The second-order valence-corrected chi connectivity index (χ2v) is 21.9. The first-order valence-electron chi connectivity index (χ1n) is 11.3. The molecule has 1 unspecified atom stereocenters. The molecule has 0 saturated carbocycles. The van der Waals surface area contributed by atoms with Gasteiger partial charge in [0.1, 0.15) is 17.0 Å². The van der Waals surface area contributed by atoms with Gasteiger partial charge in [0.2, 0.25) is 0 Å². The van der Waals surface area contributed by atoms with E-state index >= 15 is 0 Å². The fraction of sp³-hybridized carbons (Fsp3) is 0.739. The van der Waals surface area contributed by atoms with Crippen LogP contribution < -0.4 is 10.3 Å². The third-order valence-corrected chi connectivity index (χ3v) is 16.8. The highest BCUT2D eigenvalue weighted by Crippen LogP contribution is 2.43. The molecule has 0 aliphatic carbocycles. The number of hydrogen-bond acceptors (Lipinski definition) is 4. The van der Waals surface area contributed by atoms with Gasteiger partial charge in [0.15, 0.2) is 29.0 Å². The number of amides is 1. The van der Waals surface area contributed by atoms with Gasteiger partial charge in [-0.3, -0.25) is 4.79 Å². The summed E-state index contributed by atoms with van der Waals surface area (Å²) >= 11 is 6.99. The molecule has 6 nitrogen and oxygen atoms in total. The molecular weight excluding hydrogens is 460 g/mol. The highest BCUT2D eigenvalue weighted by Gasteiger charge is 2.54. The van der Waals surface area contributed by atoms with Crippen LogP contribution in [0.4, 0.5) is 0 Å². The summed E-state index contributed by atoms with van der Waals surface area (Å²) in [6, 6.07) is 3.45. The van der Waals surface area contributed by atoms with Crippen LogP contribution >= 0.6 is 11.6 Å². The summed E-state index contributed by atoms with van der Waals surface area (Å²) in [7, 11) is -4.10.